The van der Waals surface area contributed by atoms with E-state index in [1.807, 2.05) is 24.0 Å². The highest BCUT2D eigenvalue weighted by Gasteiger charge is 2.25. The smallest absolute Gasteiger partial charge is 0.349 e. The summed E-state index contributed by atoms with van der Waals surface area (Å²) in [5.41, 5.74) is 1.13. The molecule has 2 heterocycles. The molecule has 0 atom stereocenters. The number of nitrogens with one attached hydrogen (secondary N) is 1. The molecule has 0 bridgehead atoms. The second-order valence-electron chi connectivity index (χ2n) is 7.79. The number of benzene rings is 2. The third kappa shape index (κ3) is 3.97. The monoisotopic (exact) mass is 479 g/mol. The largest absolute Gasteiger partial charge is 0.454 e. The minimum absolute atomic E-state index is 0.120. The number of rotatable bonds is 4. The number of aryl methyl sites for hydroxylation is 1. The molecule has 0 saturated heterocycles. The number of nitriles is 1. The number of aromatic nitrogens is 4. The van der Waals surface area contributed by atoms with Gasteiger partial charge in [-0.25, -0.2) is 4.79 Å². The highest BCUT2D eigenvalue weighted by atomic mass is 35.5. The van der Waals surface area contributed by atoms with Crippen LogP contribution >= 0.6 is 23.2 Å². The van der Waals surface area contributed by atoms with E-state index in [4.69, 9.17) is 38.2 Å². The molecular formula is C23H15Cl2N5O3. The number of halogens is 2. The average Bonchev–Trinajstić information content (AvgIpc) is 3.62. The lowest BCUT2D eigenvalue weighted by Crippen LogP contribution is -2.33. The van der Waals surface area contributed by atoms with Crippen LogP contribution in [-0.4, -0.2) is 19.7 Å². The number of hydrogen-bond donors (Lipinski definition) is 1. The first-order valence-corrected chi connectivity index (χ1v) is 10.8. The summed E-state index contributed by atoms with van der Waals surface area (Å²) in [6, 6.07) is 12.1. The number of hydrogen-bond acceptors (Lipinski definition) is 6. The number of nitrogens with zero attached hydrogens (tertiary/aromatic N) is 4. The summed E-state index contributed by atoms with van der Waals surface area (Å²) < 4.78 is 6.81. The van der Waals surface area contributed by atoms with E-state index in [0.717, 1.165) is 26.8 Å². The van der Waals surface area contributed by atoms with Gasteiger partial charge in [0.2, 0.25) is 5.69 Å². The highest BCUT2D eigenvalue weighted by molar-refractivity contribution is 6.37. The average molecular weight is 480 g/mol. The van der Waals surface area contributed by atoms with E-state index in [1.165, 1.54) is 25.0 Å². The molecule has 1 aliphatic carbocycles. The van der Waals surface area contributed by atoms with Crippen molar-refractivity contribution in [2.45, 2.75) is 25.7 Å². The van der Waals surface area contributed by atoms with Gasteiger partial charge in [0.05, 0.1) is 21.2 Å². The van der Waals surface area contributed by atoms with Crippen LogP contribution in [0.5, 0.6) is 11.5 Å². The fourth-order valence-electron chi connectivity index (χ4n) is 3.58. The third-order valence-electron chi connectivity index (χ3n) is 5.38. The summed E-state index contributed by atoms with van der Waals surface area (Å²) in [6.45, 7) is 2.04. The van der Waals surface area contributed by atoms with Crippen LogP contribution in [0.25, 0.3) is 16.6 Å². The number of fused-ring (bicyclic) bond motifs is 1. The van der Waals surface area contributed by atoms with Crippen LogP contribution in [0.15, 0.2) is 46.0 Å². The molecule has 33 heavy (non-hydrogen) atoms. The summed E-state index contributed by atoms with van der Waals surface area (Å²) in [4.78, 5) is 30.5. The van der Waals surface area contributed by atoms with Crippen LogP contribution in [0, 0.1) is 18.3 Å². The van der Waals surface area contributed by atoms with Crippen molar-refractivity contribution in [3.05, 3.63) is 84.2 Å². The van der Waals surface area contributed by atoms with Crippen molar-refractivity contribution in [3.63, 3.8) is 0 Å². The maximum absolute atomic E-state index is 12.1. The van der Waals surface area contributed by atoms with Crippen LogP contribution in [0.4, 0.5) is 0 Å². The molecule has 1 fully saturated rings. The standard InChI is InChI=1S/C23H15Cl2N5O3/c1-11-6-19(12-2-3-12)27-18-5-4-14(9-15(11)18)33-21-16(24)7-13(8-17(21)25)30-23(32)28-22(31)20(10-26)29-30/h4-9,12H,2-3H2,1H3,(H,28,31,32). The van der Waals surface area contributed by atoms with Crippen molar-refractivity contribution in [1.29, 1.82) is 5.26 Å². The molecule has 8 nitrogen and oxygen atoms in total. The Kier molecular flexibility index (Phi) is 5.16. The van der Waals surface area contributed by atoms with E-state index >= 15 is 0 Å². The Morgan fingerprint density at radius 2 is 1.88 bits per heavy atom. The van der Waals surface area contributed by atoms with Crippen LogP contribution in [0.2, 0.25) is 10.0 Å². The lowest BCUT2D eigenvalue weighted by molar-refractivity contribution is 0.483. The van der Waals surface area contributed by atoms with Crippen LogP contribution in [0.3, 0.4) is 0 Å². The Morgan fingerprint density at radius 1 is 1.15 bits per heavy atom. The summed E-state index contributed by atoms with van der Waals surface area (Å²) in [6.07, 6.45) is 2.37. The van der Waals surface area contributed by atoms with E-state index in [1.54, 1.807) is 12.1 Å². The van der Waals surface area contributed by atoms with Gasteiger partial charge in [-0.2, -0.15) is 9.94 Å². The van der Waals surface area contributed by atoms with Gasteiger partial charge in [-0.3, -0.25) is 14.8 Å². The van der Waals surface area contributed by atoms with Gasteiger partial charge < -0.3 is 4.74 Å². The topological polar surface area (TPSA) is 114 Å². The van der Waals surface area contributed by atoms with Gasteiger partial charge >= 0.3 is 5.69 Å². The number of aromatic amines is 1. The quantitative estimate of drug-likeness (QED) is 0.456. The Hall–Kier alpha value is -3.67. The molecule has 2 aromatic carbocycles. The zero-order valence-corrected chi connectivity index (χ0v) is 18.7. The minimum Gasteiger partial charge on any atom is -0.454 e. The maximum atomic E-state index is 12.1. The highest BCUT2D eigenvalue weighted by Crippen LogP contribution is 2.41. The molecule has 0 spiro atoms. The Balaban J connectivity index is 1.51. The summed E-state index contributed by atoms with van der Waals surface area (Å²) in [7, 11) is 0. The van der Waals surface area contributed by atoms with Gasteiger partial charge in [0.25, 0.3) is 5.56 Å². The SMILES string of the molecule is Cc1cc(C2CC2)nc2ccc(Oc3c(Cl)cc(-n4nc(C#N)c(=O)[nH]c4=O)cc3Cl)cc12. The minimum atomic E-state index is -0.874. The summed E-state index contributed by atoms with van der Waals surface area (Å²) >= 11 is 12.8. The second-order valence-corrected chi connectivity index (χ2v) is 8.60. The van der Waals surface area contributed by atoms with Gasteiger partial charge in [-0.15, -0.1) is 5.10 Å². The maximum Gasteiger partial charge on any atom is 0.349 e. The zero-order valence-electron chi connectivity index (χ0n) is 17.2. The third-order valence-corrected chi connectivity index (χ3v) is 5.95. The van der Waals surface area contributed by atoms with Crippen molar-refractivity contribution in [3.8, 4) is 23.3 Å². The Labute approximate surface area is 197 Å². The lowest BCUT2D eigenvalue weighted by Gasteiger charge is -2.13. The van der Waals surface area contributed by atoms with Gasteiger partial charge in [-0.05, 0) is 61.7 Å². The molecule has 10 heteroatoms. The molecule has 4 aromatic rings. The van der Waals surface area contributed by atoms with E-state index in [-0.39, 0.29) is 21.5 Å². The number of pyridine rings is 1. The molecular weight excluding hydrogens is 465 g/mol. The van der Waals surface area contributed by atoms with Crippen molar-refractivity contribution < 1.29 is 4.74 Å². The zero-order chi connectivity index (χ0) is 23.3. The van der Waals surface area contributed by atoms with Gasteiger partial charge in [0.1, 0.15) is 11.8 Å². The van der Waals surface area contributed by atoms with Gasteiger partial charge in [0.15, 0.2) is 5.75 Å². The molecule has 0 radical (unpaired) electrons. The van der Waals surface area contributed by atoms with E-state index in [2.05, 4.69) is 11.2 Å². The molecule has 0 unspecified atom stereocenters. The van der Waals surface area contributed by atoms with Crippen LogP contribution in [0.1, 0.15) is 35.7 Å². The fourth-order valence-corrected chi connectivity index (χ4v) is 4.14. The molecule has 1 N–H and O–H groups in total. The predicted molar refractivity (Wildman–Crippen MR) is 124 cm³/mol. The van der Waals surface area contributed by atoms with E-state index < -0.39 is 16.9 Å². The van der Waals surface area contributed by atoms with Crippen LogP contribution < -0.4 is 16.0 Å². The molecule has 0 aliphatic heterocycles. The van der Waals surface area contributed by atoms with Crippen molar-refractivity contribution in [2.75, 3.05) is 0 Å². The van der Waals surface area contributed by atoms with Crippen molar-refractivity contribution in [2.24, 2.45) is 0 Å². The predicted octanol–water partition coefficient (Wildman–Crippen LogP) is 4.63. The van der Waals surface area contributed by atoms with Gasteiger partial charge in [0, 0.05) is 17.0 Å². The normalized spacial score (nSPS) is 13.2. The number of H-pyrrole nitrogens is 1. The first-order chi connectivity index (χ1) is 15.8. The molecule has 1 aliphatic rings. The fraction of sp³-hybridized carbons (Fsp3) is 0.174. The first kappa shape index (κ1) is 21.2. The van der Waals surface area contributed by atoms with E-state index in [9.17, 15) is 9.59 Å². The molecule has 0 amide bonds. The lowest BCUT2D eigenvalue weighted by atomic mass is 10.1. The molecule has 5 rings (SSSR count). The van der Waals surface area contributed by atoms with Crippen molar-refractivity contribution >= 4 is 34.1 Å². The van der Waals surface area contributed by atoms with Crippen molar-refractivity contribution in [1.82, 2.24) is 19.7 Å². The van der Waals surface area contributed by atoms with E-state index in [0.29, 0.717) is 11.7 Å². The summed E-state index contributed by atoms with van der Waals surface area (Å²) in [5.74, 6) is 1.28. The molecule has 1 saturated carbocycles. The Morgan fingerprint density at radius 3 is 2.55 bits per heavy atom. The number of ether oxygens (including phenoxy) is 1. The molecule has 2 aromatic heterocycles. The molecule has 164 valence electrons. The first-order valence-electron chi connectivity index (χ1n) is 10.1. The Bertz CT molecular complexity index is 1580. The summed E-state index contributed by atoms with van der Waals surface area (Å²) in [5, 5.41) is 14.0. The van der Waals surface area contributed by atoms with Crippen LogP contribution in [-0.2, 0) is 0 Å². The second kappa shape index (κ2) is 8.03. The van der Waals surface area contributed by atoms with Gasteiger partial charge in [-0.1, -0.05) is 23.2 Å².